The topological polar surface area (TPSA) is 73.6 Å². The SMILES string of the molecule is COCC(Oc1ccc(Br)cc1Cl)C(=O)NN. The van der Waals surface area contributed by atoms with Gasteiger partial charge in [-0.05, 0) is 18.2 Å². The molecule has 1 unspecified atom stereocenters. The van der Waals surface area contributed by atoms with Crippen LogP contribution in [-0.4, -0.2) is 25.7 Å². The monoisotopic (exact) mass is 322 g/mol. The highest BCUT2D eigenvalue weighted by atomic mass is 79.9. The summed E-state index contributed by atoms with van der Waals surface area (Å²) in [6.45, 7) is 0.0788. The van der Waals surface area contributed by atoms with Crippen LogP contribution < -0.4 is 16.0 Å². The maximum absolute atomic E-state index is 11.4. The molecule has 0 radical (unpaired) electrons. The Morgan fingerprint density at radius 1 is 1.65 bits per heavy atom. The molecule has 17 heavy (non-hydrogen) atoms. The fraction of sp³-hybridized carbons (Fsp3) is 0.300. The van der Waals surface area contributed by atoms with E-state index in [9.17, 15) is 4.79 Å². The van der Waals surface area contributed by atoms with Gasteiger partial charge in [-0.1, -0.05) is 27.5 Å². The van der Waals surface area contributed by atoms with Crippen LogP contribution >= 0.6 is 27.5 Å². The normalized spacial score (nSPS) is 12.0. The average molecular weight is 324 g/mol. The van der Waals surface area contributed by atoms with Crippen molar-refractivity contribution in [3.63, 3.8) is 0 Å². The van der Waals surface area contributed by atoms with E-state index in [0.29, 0.717) is 10.8 Å². The number of benzene rings is 1. The van der Waals surface area contributed by atoms with Crippen molar-refractivity contribution >= 4 is 33.4 Å². The van der Waals surface area contributed by atoms with E-state index < -0.39 is 12.0 Å². The maximum atomic E-state index is 11.4. The van der Waals surface area contributed by atoms with Crippen molar-refractivity contribution in [3.05, 3.63) is 27.7 Å². The molecule has 0 aliphatic carbocycles. The van der Waals surface area contributed by atoms with Crippen molar-refractivity contribution in [1.82, 2.24) is 5.43 Å². The van der Waals surface area contributed by atoms with Gasteiger partial charge in [0, 0.05) is 11.6 Å². The van der Waals surface area contributed by atoms with E-state index in [4.69, 9.17) is 26.9 Å². The number of carbonyl (C=O) groups is 1. The molecule has 0 aromatic heterocycles. The number of nitrogens with one attached hydrogen (secondary N) is 1. The number of nitrogens with two attached hydrogens (primary N) is 1. The summed E-state index contributed by atoms with van der Waals surface area (Å²) in [4.78, 5) is 11.4. The summed E-state index contributed by atoms with van der Waals surface area (Å²) in [5, 5.41) is 0.394. The number of ether oxygens (including phenoxy) is 2. The Kier molecular flexibility index (Phi) is 5.70. The zero-order valence-electron chi connectivity index (χ0n) is 9.07. The number of halogens is 2. The largest absolute Gasteiger partial charge is 0.477 e. The lowest BCUT2D eigenvalue weighted by Crippen LogP contribution is -2.44. The second kappa shape index (κ2) is 6.80. The number of hydrazine groups is 1. The first-order chi connectivity index (χ1) is 8.08. The molecule has 1 aromatic rings. The van der Waals surface area contributed by atoms with E-state index in [-0.39, 0.29) is 6.61 Å². The highest BCUT2D eigenvalue weighted by molar-refractivity contribution is 9.10. The predicted octanol–water partition coefficient (Wildman–Crippen LogP) is 1.49. The molecule has 0 fully saturated rings. The molecule has 1 atom stereocenters. The Morgan fingerprint density at radius 2 is 2.35 bits per heavy atom. The maximum Gasteiger partial charge on any atom is 0.277 e. The Balaban J connectivity index is 2.82. The van der Waals surface area contributed by atoms with Gasteiger partial charge in [0.05, 0.1) is 11.6 Å². The summed E-state index contributed by atoms with van der Waals surface area (Å²) in [6, 6.07) is 5.07. The zero-order valence-corrected chi connectivity index (χ0v) is 11.4. The van der Waals surface area contributed by atoms with Crippen LogP contribution in [0.2, 0.25) is 5.02 Å². The third-order valence-corrected chi connectivity index (χ3v) is 2.70. The first-order valence-electron chi connectivity index (χ1n) is 4.69. The smallest absolute Gasteiger partial charge is 0.277 e. The molecular weight excluding hydrogens is 311 g/mol. The molecule has 1 aromatic carbocycles. The summed E-state index contributed by atoms with van der Waals surface area (Å²) in [6.07, 6.45) is -0.844. The molecule has 94 valence electrons. The van der Waals surface area contributed by atoms with Crippen LogP contribution in [0.25, 0.3) is 0 Å². The van der Waals surface area contributed by atoms with Crippen molar-refractivity contribution in [1.29, 1.82) is 0 Å². The van der Waals surface area contributed by atoms with Gasteiger partial charge in [0.1, 0.15) is 5.75 Å². The number of amides is 1. The fourth-order valence-electron chi connectivity index (χ4n) is 1.13. The van der Waals surface area contributed by atoms with Crippen LogP contribution in [0.3, 0.4) is 0 Å². The first-order valence-corrected chi connectivity index (χ1v) is 5.86. The predicted molar refractivity (Wildman–Crippen MR) is 67.8 cm³/mol. The Labute approximate surface area is 112 Å². The van der Waals surface area contributed by atoms with Gasteiger partial charge in [0.25, 0.3) is 5.91 Å². The third kappa shape index (κ3) is 4.16. The van der Waals surface area contributed by atoms with Gasteiger partial charge in [0.15, 0.2) is 0 Å². The van der Waals surface area contributed by atoms with Crippen LogP contribution in [0.5, 0.6) is 5.75 Å². The standard InChI is InChI=1S/C10H12BrClN2O3/c1-16-5-9(10(15)14-13)17-8-3-2-6(11)4-7(8)12/h2-4,9H,5,13H2,1H3,(H,14,15). The summed E-state index contributed by atoms with van der Waals surface area (Å²) in [5.74, 6) is 4.95. The third-order valence-electron chi connectivity index (χ3n) is 1.92. The van der Waals surface area contributed by atoms with Gasteiger partial charge in [-0.2, -0.15) is 0 Å². The van der Waals surface area contributed by atoms with Crippen LogP contribution in [0.15, 0.2) is 22.7 Å². The minimum atomic E-state index is -0.844. The quantitative estimate of drug-likeness (QED) is 0.489. The molecule has 0 saturated heterocycles. The Morgan fingerprint density at radius 3 is 2.88 bits per heavy atom. The number of methoxy groups -OCH3 is 1. The lowest BCUT2D eigenvalue weighted by atomic mass is 10.3. The Hall–Kier alpha value is -0.820. The van der Waals surface area contributed by atoms with E-state index in [2.05, 4.69) is 15.9 Å². The molecule has 1 amide bonds. The molecule has 5 nitrogen and oxygen atoms in total. The van der Waals surface area contributed by atoms with Crippen LogP contribution in [0.4, 0.5) is 0 Å². The fourth-order valence-corrected chi connectivity index (χ4v) is 1.85. The molecule has 0 aliphatic heterocycles. The molecule has 0 bridgehead atoms. The van der Waals surface area contributed by atoms with Gasteiger partial charge < -0.3 is 9.47 Å². The van der Waals surface area contributed by atoms with E-state index in [1.54, 1.807) is 18.2 Å². The molecule has 1 rings (SSSR count). The molecule has 0 aliphatic rings. The van der Waals surface area contributed by atoms with Gasteiger partial charge >= 0.3 is 0 Å². The van der Waals surface area contributed by atoms with Gasteiger partial charge in [-0.3, -0.25) is 10.2 Å². The highest BCUT2D eigenvalue weighted by Crippen LogP contribution is 2.28. The molecule has 7 heteroatoms. The first kappa shape index (κ1) is 14.2. The minimum absolute atomic E-state index is 0.0788. The zero-order chi connectivity index (χ0) is 12.8. The second-order valence-corrected chi connectivity index (χ2v) is 4.47. The Bertz CT molecular complexity index is 403. The number of rotatable bonds is 5. The van der Waals surface area contributed by atoms with Crippen molar-refractivity contribution in [2.45, 2.75) is 6.10 Å². The number of hydrogen-bond acceptors (Lipinski definition) is 4. The second-order valence-electron chi connectivity index (χ2n) is 3.15. The van der Waals surface area contributed by atoms with Gasteiger partial charge in [-0.15, -0.1) is 0 Å². The lowest BCUT2D eigenvalue weighted by Gasteiger charge is -2.17. The molecular formula is C10H12BrClN2O3. The van der Waals surface area contributed by atoms with E-state index >= 15 is 0 Å². The summed E-state index contributed by atoms with van der Waals surface area (Å²) in [7, 11) is 1.46. The molecule has 0 spiro atoms. The van der Waals surface area contributed by atoms with Crippen LogP contribution in [0, 0.1) is 0 Å². The van der Waals surface area contributed by atoms with E-state index in [1.165, 1.54) is 7.11 Å². The summed E-state index contributed by atoms with van der Waals surface area (Å²) in [5.41, 5.74) is 2.00. The van der Waals surface area contributed by atoms with Gasteiger partial charge in [0.2, 0.25) is 6.10 Å². The molecule has 0 heterocycles. The lowest BCUT2D eigenvalue weighted by molar-refractivity contribution is -0.130. The van der Waals surface area contributed by atoms with Crippen LogP contribution in [-0.2, 0) is 9.53 Å². The van der Waals surface area contributed by atoms with Gasteiger partial charge in [-0.25, -0.2) is 5.84 Å². The van der Waals surface area contributed by atoms with Crippen molar-refractivity contribution < 1.29 is 14.3 Å². The van der Waals surface area contributed by atoms with Crippen LogP contribution in [0.1, 0.15) is 0 Å². The summed E-state index contributed by atoms with van der Waals surface area (Å²) >= 11 is 9.23. The number of carbonyl (C=O) groups excluding carboxylic acids is 1. The highest BCUT2D eigenvalue weighted by Gasteiger charge is 2.20. The van der Waals surface area contributed by atoms with E-state index in [0.717, 1.165) is 4.47 Å². The average Bonchev–Trinajstić information content (AvgIpc) is 2.30. The van der Waals surface area contributed by atoms with Crippen molar-refractivity contribution in [3.8, 4) is 5.75 Å². The number of hydrogen-bond donors (Lipinski definition) is 2. The molecule has 3 N–H and O–H groups in total. The minimum Gasteiger partial charge on any atom is -0.477 e. The molecule has 0 saturated carbocycles. The van der Waals surface area contributed by atoms with E-state index in [1.807, 2.05) is 5.43 Å². The van der Waals surface area contributed by atoms with Crippen molar-refractivity contribution in [2.75, 3.05) is 13.7 Å². The summed E-state index contributed by atoms with van der Waals surface area (Å²) < 4.78 is 11.1. The van der Waals surface area contributed by atoms with Crippen molar-refractivity contribution in [2.24, 2.45) is 5.84 Å².